The summed E-state index contributed by atoms with van der Waals surface area (Å²) < 4.78 is 13.2. The second kappa shape index (κ2) is 3.93. The number of nitrogens with one attached hydrogen (secondary N) is 1. The van der Waals surface area contributed by atoms with E-state index >= 15 is 0 Å². The molecule has 0 radical (unpaired) electrons. The van der Waals surface area contributed by atoms with Crippen molar-refractivity contribution in [2.24, 2.45) is 5.92 Å². The number of halogens is 1. The normalized spacial score (nSPS) is 31.5. The van der Waals surface area contributed by atoms with Gasteiger partial charge in [0.1, 0.15) is 5.82 Å². The van der Waals surface area contributed by atoms with Gasteiger partial charge in [-0.1, -0.05) is 26.0 Å². The van der Waals surface area contributed by atoms with Gasteiger partial charge in [0.25, 0.3) is 0 Å². The third-order valence-corrected chi connectivity index (χ3v) is 3.33. The minimum atomic E-state index is -0.132. The number of hydrogen-bond acceptors (Lipinski definition) is 1. The van der Waals surface area contributed by atoms with Crippen LogP contribution in [0.4, 0.5) is 4.39 Å². The Labute approximate surface area is 90.7 Å². The van der Waals surface area contributed by atoms with Gasteiger partial charge in [-0.25, -0.2) is 4.39 Å². The van der Waals surface area contributed by atoms with Crippen LogP contribution in [0.1, 0.15) is 25.8 Å². The number of benzene rings is 1. The zero-order chi connectivity index (χ0) is 10.9. The van der Waals surface area contributed by atoms with E-state index in [4.69, 9.17) is 0 Å². The summed E-state index contributed by atoms with van der Waals surface area (Å²) in [4.78, 5) is 0. The Hall–Kier alpha value is -0.890. The molecule has 1 saturated heterocycles. The van der Waals surface area contributed by atoms with Crippen molar-refractivity contribution in [3.05, 3.63) is 35.6 Å². The first-order chi connectivity index (χ1) is 7.10. The highest BCUT2D eigenvalue weighted by Gasteiger charge is 2.31. The summed E-state index contributed by atoms with van der Waals surface area (Å²) in [5, 5.41) is 3.42. The molecule has 15 heavy (non-hydrogen) atoms. The van der Waals surface area contributed by atoms with Crippen LogP contribution < -0.4 is 5.32 Å². The molecule has 0 aromatic heterocycles. The Bertz CT molecular complexity index is 350. The summed E-state index contributed by atoms with van der Waals surface area (Å²) in [6, 6.07) is 7.00. The highest BCUT2D eigenvalue weighted by atomic mass is 19.1. The molecule has 1 aromatic rings. The summed E-state index contributed by atoms with van der Waals surface area (Å²) >= 11 is 0. The Balaban J connectivity index is 2.28. The molecule has 1 aromatic carbocycles. The maximum atomic E-state index is 13.2. The van der Waals surface area contributed by atoms with Crippen molar-refractivity contribution in [2.75, 3.05) is 13.1 Å². The lowest BCUT2D eigenvalue weighted by atomic mass is 9.73. The van der Waals surface area contributed by atoms with Crippen LogP contribution >= 0.6 is 0 Å². The number of rotatable bonds is 1. The van der Waals surface area contributed by atoms with Crippen LogP contribution in [0.2, 0.25) is 0 Å². The van der Waals surface area contributed by atoms with Gasteiger partial charge < -0.3 is 5.32 Å². The van der Waals surface area contributed by atoms with E-state index in [9.17, 15) is 4.39 Å². The molecule has 0 bridgehead atoms. The van der Waals surface area contributed by atoms with Crippen molar-refractivity contribution in [1.29, 1.82) is 0 Å². The zero-order valence-electron chi connectivity index (χ0n) is 9.39. The third kappa shape index (κ3) is 2.20. The monoisotopic (exact) mass is 207 g/mol. The van der Waals surface area contributed by atoms with Crippen LogP contribution in [0.15, 0.2) is 24.3 Å². The summed E-state index contributed by atoms with van der Waals surface area (Å²) in [6.45, 7) is 6.47. The quantitative estimate of drug-likeness (QED) is 0.746. The minimum absolute atomic E-state index is 0.0831. The van der Waals surface area contributed by atoms with Crippen molar-refractivity contribution < 1.29 is 4.39 Å². The van der Waals surface area contributed by atoms with Crippen molar-refractivity contribution in [3.63, 3.8) is 0 Å². The molecule has 0 unspecified atom stereocenters. The molecular weight excluding hydrogens is 189 g/mol. The van der Waals surface area contributed by atoms with E-state index in [2.05, 4.69) is 19.2 Å². The van der Waals surface area contributed by atoms with Gasteiger partial charge in [-0.2, -0.15) is 0 Å². The zero-order valence-corrected chi connectivity index (χ0v) is 9.39. The van der Waals surface area contributed by atoms with Crippen LogP contribution in [-0.4, -0.2) is 13.1 Å². The maximum Gasteiger partial charge on any atom is 0.123 e. The lowest BCUT2D eigenvalue weighted by Gasteiger charge is -2.38. The lowest BCUT2D eigenvalue weighted by molar-refractivity contribution is 0.272. The summed E-state index contributed by atoms with van der Waals surface area (Å²) in [6.07, 6.45) is 1.13. The Kier molecular flexibility index (Phi) is 2.79. The topological polar surface area (TPSA) is 12.0 Å². The molecule has 0 saturated carbocycles. The van der Waals surface area contributed by atoms with Gasteiger partial charge in [-0.05, 0) is 36.6 Å². The van der Waals surface area contributed by atoms with Gasteiger partial charge in [0.2, 0.25) is 0 Å². The van der Waals surface area contributed by atoms with E-state index in [-0.39, 0.29) is 11.2 Å². The van der Waals surface area contributed by atoms with E-state index in [0.717, 1.165) is 25.1 Å². The Morgan fingerprint density at radius 2 is 2.27 bits per heavy atom. The minimum Gasteiger partial charge on any atom is -0.316 e. The molecule has 2 heteroatoms. The van der Waals surface area contributed by atoms with Crippen LogP contribution in [0.5, 0.6) is 0 Å². The highest BCUT2D eigenvalue weighted by molar-refractivity contribution is 5.26. The fourth-order valence-electron chi connectivity index (χ4n) is 2.59. The van der Waals surface area contributed by atoms with Crippen molar-refractivity contribution in [1.82, 2.24) is 5.32 Å². The van der Waals surface area contributed by atoms with E-state index in [0.29, 0.717) is 5.92 Å². The Morgan fingerprint density at radius 3 is 2.93 bits per heavy atom. The van der Waals surface area contributed by atoms with E-state index in [1.807, 2.05) is 6.07 Å². The second-order valence-electron chi connectivity index (χ2n) is 5.01. The molecule has 1 nitrogen and oxygen atoms in total. The van der Waals surface area contributed by atoms with Crippen LogP contribution in [0, 0.1) is 11.7 Å². The number of hydrogen-bond donors (Lipinski definition) is 1. The van der Waals surface area contributed by atoms with Gasteiger partial charge in [-0.3, -0.25) is 0 Å². The average Bonchev–Trinajstić information content (AvgIpc) is 2.17. The summed E-state index contributed by atoms with van der Waals surface area (Å²) in [5.74, 6) is 0.527. The van der Waals surface area contributed by atoms with E-state index in [1.54, 1.807) is 12.1 Å². The van der Waals surface area contributed by atoms with Crippen LogP contribution in [0.25, 0.3) is 0 Å². The predicted molar refractivity (Wildman–Crippen MR) is 60.4 cm³/mol. The molecule has 2 rings (SSSR count). The second-order valence-corrected chi connectivity index (χ2v) is 5.01. The highest BCUT2D eigenvalue weighted by Crippen LogP contribution is 2.33. The molecule has 1 heterocycles. The molecule has 82 valence electrons. The fourth-order valence-corrected chi connectivity index (χ4v) is 2.59. The lowest BCUT2D eigenvalue weighted by Crippen LogP contribution is -2.44. The fraction of sp³-hybridized carbons (Fsp3) is 0.538. The molecule has 0 spiro atoms. The van der Waals surface area contributed by atoms with Gasteiger partial charge >= 0.3 is 0 Å². The smallest absolute Gasteiger partial charge is 0.123 e. The Morgan fingerprint density at radius 1 is 1.47 bits per heavy atom. The van der Waals surface area contributed by atoms with Gasteiger partial charge in [-0.15, -0.1) is 0 Å². The SMILES string of the molecule is C[C@H]1CNC[C@](C)(c2cccc(F)c2)C1. The first-order valence-corrected chi connectivity index (χ1v) is 5.57. The van der Waals surface area contributed by atoms with Crippen molar-refractivity contribution >= 4 is 0 Å². The largest absolute Gasteiger partial charge is 0.316 e. The standard InChI is InChI=1S/C13H18FN/c1-10-7-13(2,9-15-8-10)11-4-3-5-12(14)6-11/h3-6,10,15H,7-9H2,1-2H3/t10-,13-/m1/s1. The molecule has 1 fully saturated rings. The molecule has 1 aliphatic rings. The van der Waals surface area contributed by atoms with Gasteiger partial charge in [0.15, 0.2) is 0 Å². The van der Waals surface area contributed by atoms with Crippen molar-refractivity contribution in [2.45, 2.75) is 25.7 Å². The maximum absolute atomic E-state index is 13.2. The van der Waals surface area contributed by atoms with Gasteiger partial charge in [0, 0.05) is 12.0 Å². The van der Waals surface area contributed by atoms with Crippen LogP contribution in [-0.2, 0) is 5.41 Å². The molecule has 2 atom stereocenters. The average molecular weight is 207 g/mol. The molecule has 1 aliphatic heterocycles. The van der Waals surface area contributed by atoms with Crippen LogP contribution in [0.3, 0.4) is 0 Å². The van der Waals surface area contributed by atoms with E-state index in [1.165, 1.54) is 6.07 Å². The molecule has 0 amide bonds. The summed E-state index contributed by atoms with van der Waals surface area (Å²) in [7, 11) is 0. The third-order valence-electron chi connectivity index (χ3n) is 3.33. The molecular formula is C13H18FN. The first kappa shape index (κ1) is 10.6. The number of piperidine rings is 1. The van der Waals surface area contributed by atoms with Gasteiger partial charge in [0.05, 0.1) is 0 Å². The van der Waals surface area contributed by atoms with Crippen molar-refractivity contribution in [3.8, 4) is 0 Å². The summed E-state index contributed by atoms with van der Waals surface area (Å²) in [5.41, 5.74) is 1.20. The first-order valence-electron chi connectivity index (χ1n) is 5.57. The van der Waals surface area contributed by atoms with E-state index < -0.39 is 0 Å². The predicted octanol–water partition coefficient (Wildman–Crippen LogP) is 2.71. The molecule has 0 aliphatic carbocycles. The molecule has 1 N–H and O–H groups in total.